The Hall–Kier alpha value is -2.91. The summed E-state index contributed by atoms with van der Waals surface area (Å²) in [5, 5.41) is 0. The highest BCUT2D eigenvalue weighted by molar-refractivity contribution is 7.93. The van der Waals surface area contributed by atoms with Crippen molar-refractivity contribution in [2.45, 2.75) is 25.0 Å². The Morgan fingerprint density at radius 3 is 1.78 bits per heavy atom. The van der Waals surface area contributed by atoms with Crippen molar-refractivity contribution in [1.82, 2.24) is 0 Å². The molecule has 1 aliphatic heterocycles. The number of benzene rings is 2. The topological polar surface area (TPSA) is 155 Å². The van der Waals surface area contributed by atoms with Crippen LogP contribution < -0.4 is 9.03 Å². The quantitative estimate of drug-likeness (QED) is 0.272. The molecule has 2 aromatic carbocycles. The van der Waals surface area contributed by atoms with Gasteiger partial charge in [-0.15, -0.1) is 11.6 Å². The van der Waals surface area contributed by atoms with E-state index in [4.69, 9.17) is 21.1 Å². The Kier molecular flexibility index (Phi) is 13.3. The molecule has 1 fully saturated rings. The largest absolute Gasteiger partial charge is 0.467 e. The van der Waals surface area contributed by atoms with Gasteiger partial charge >= 0.3 is 11.9 Å². The fraction of sp³-hybridized carbons (Fsp3) is 0.462. The molecule has 41 heavy (non-hydrogen) atoms. The van der Waals surface area contributed by atoms with Gasteiger partial charge in [0.2, 0.25) is 20.0 Å². The van der Waals surface area contributed by atoms with Gasteiger partial charge in [0, 0.05) is 32.3 Å². The second-order valence-corrected chi connectivity index (χ2v) is 12.9. The molecular weight excluding hydrogens is 600 g/mol. The van der Waals surface area contributed by atoms with E-state index in [1.54, 1.807) is 48.5 Å². The zero-order chi connectivity index (χ0) is 30.6. The first-order chi connectivity index (χ1) is 19.4. The molecule has 12 nitrogen and oxygen atoms in total. The lowest BCUT2D eigenvalue weighted by Gasteiger charge is -2.18. The number of sulfonamides is 2. The molecule has 0 radical (unpaired) electrons. The number of anilines is 2. The molecule has 2 unspecified atom stereocenters. The number of hydrogen-bond acceptors (Lipinski definition) is 10. The van der Waals surface area contributed by atoms with Gasteiger partial charge in [-0.3, -0.25) is 9.03 Å². The molecule has 228 valence electrons. The van der Waals surface area contributed by atoms with Crippen molar-refractivity contribution in [3.05, 3.63) is 59.7 Å². The number of carbonyl (C=O) groups is 2. The van der Waals surface area contributed by atoms with Crippen molar-refractivity contribution in [1.29, 1.82) is 0 Å². The molecule has 0 bridgehead atoms. The van der Waals surface area contributed by atoms with Gasteiger partial charge < -0.3 is 18.9 Å². The molecule has 2 aromatic rings. The number of halogens is 1. The number of nitrogens with zero attached hydrogens (tertiary/aromatic N) is 1. The van der Waals surface area contributed by atoms with Crippen molar-refractivity contribution in [3.63, 3.8) is 0 Å². The van der Waals surface area contributed by atoms with Gasteiger partial charge in [0.05, 0.1) is 31.4 Å². The predicted octanol–water partition coefficient (Wildman–Crippen LogP) is 3.00. The predicted molar refractivity (Wildman–Crippen MR) is 155 cm³/mol. The maximum Gasteiger partial charge on any atom is 0.339 e. The number of esters is 2. The van der Waals surface area contributed by atoms with Crippen LogP contribution in [0, 0.1) is 0 Å². The van der Waals surface area contributed by atoms with E-state index in [9.17, 15) is 26.4 Å². The molecule has 3 rings (SSSR count). The number of ether oxygens (including phenoxy) is 4. The van der Waals surface area contributed by atoms with Gasteiger partial charge in [0.1, 0.15) is 0 Å². The van der Waals surface area contributed by atoms with E-state index in [1.165, 1.54) is 32.7 Å². The van der Waals surface area contributed by atoms with E-state index in [2.05, 4.69) is 14.2 Å². The minimum Gasteiger partial charge on any atom is -0.467 e. The molecule has 0 saturated carbocycles. The average molecular weight is 635 g/mol. The summed E-state index contributed by atoms with van der Waals surface area (Å²) in [5.41, 5.74) is 2.21. The molecule has 1 N–H and O–H groups in total. The van der Waals surface area contributed by atoms with E-state index >= 15 is 0 Å². The van der Waals surface area contributed by atoms with E-state index < -0.39 is 44.2 Å². The Bertz CT molecular complexity index is 1350. The first kappa shape index (κ1) is 34.3. The van der Waals surface area contributed by atoms with Gasteiger partial charge in [0.25, 0.3) is 0 Å². The molecule has 1 aliphatic rings. The fourth-order valence-electron chi connectivity index (χ4n) is 3.90. The average Bonchev–Trinajstić information content (AvgIpc) is 3.32. The van der Waals surface area contributed by atoms with Crippen LogP contribution in [0.2, 0.25) is 0 Å². The molecule has 0 spiro atoms. The van der Waals surface area contributed by atoms with Crippen molar-refractivity contribution < 1.29 is 45.4 Å². The maximum atomic E-state index is 11.8. The molecular formula is C26H35ClN2O10S2. The first-order valence-electron chi connectivity index (χ1n) is 12.4. The van der Waals surface area contributed by atoms with E-state index in [1.807, 2.05) is 0 Å². The molecule has 1 heterocycles. The third-order valence-corrected chi connectivity index (χ3v) is 9.43. The SMILES string of the molecule is COC(=O)C(OC)c1ccc(N2CCCS2(=O)=O)cc1.COC(=O)C(OC)c1ccc(NS(=O)(=O)CCCCl)cc1. The van der Waals surface area contributed by atoms with Gasteiger partial charge in [-0.1, -0.05) is 24.3 Å². The number of hydrogen-bond donors (Lipinski definition) is 1. The van der Waals surface area contributed by atoms with Gasteiger partial charge in [-0.2, -0.15) is 0 Å². The summed E-state index contributed by atoms with van der Waals surface area (Å²) in [6.45, 7) is 0.492. The monoisotopic (exact) mass is 634 g/mol. The van der Waals surface area contributed by atoms with Crippen LogP contribution in [0.3, 0.4) is 0 Å². The summed E-state index contributed by atoms with van der Waals surface area (Å²) in [5.74, 6) is -0.588. The molecule has 0 amide bonds. The smallest absolute Gasteiger partial charge is 0.339 e. The highest BCUT2D eigenvalue weighted by Crippen LogP contribution is 2.27. The number of nitrogens with one attached hydrogen (secondary N) is 1. The van der Waals surface area contributed by atoms with Gasteiger partial charge in [0.15, 0.2) is 12.2 Å². The Morgan fingerprint density at radius 1 is 0.902 bits per heavy atom. The maximum absolute atomic E-state index is 11.8. The molecule has 15 heteroatoms. The van der Waals surface area contributed by atoms with E-state index in [0.29, 0.717) is 41.9 Å². The molecule has 0 aliphatic carbocycles. The number of alkyl halides is 1. The highest BCUT2D eigenvalue weighted by atomic mass is 35.5. The summed E-state index contributed by atoms with van der Waals surface area (Å²) in [7, 11) is -1.23. The number of carbonyl (C=O) groups excluding carboxylic acids is 2. The Labute approximate surface area is 246 Å². The Balaban J connectivity index is 0.000000287. The van der Waals surface area contributed by atoms with Crippen LogP contribution in [0.4, 0.5) is 11.4 Å². The van der Waals surface area contributed by atoms with Crippen molar-refractivity contribution in [2.24, 2.45) is 0 Å². The minimum absolute atomic E-state index is 0.0406. The van der Waals surface area contributed by atoms with Crippen LogP contribution in [0.5, 0.6) is 0 Å². The summed E-state index contributed by atoms with van der Waals surface area (Å²) >= 11 is 5.48. The van der Waals surface area contributed by atoms with Crippen LogP contribution >= 0.6 is 11.6 Å². The lowest BCUT2D eigenvalue weighted by atomic mass is 10.1. The first-order valence-corrected chi connectivity index (χ1v) is 16.2. The van der Waals surface area contributed by atoms with Crippen molar-refractivity contribution in [2.75, 3.05) is 61.4 Å². The number of methoxy groups -OCH3 is 4. The summed E-state index contributed by atoms with van der Waals surface area (Å²) in [6, 6.07) is 13.0. The molecule has 1 saturated heterocycles. The van der Waals surface area contributed by atoms with Gasteiger partial charge in [-0.25, -0.2) is 26.4 Å². The highest BCUT2D eigenvalue weighted by Gasteiger charge is 2.29. The second-order valence-electron chi connectivity index (χ2n) is 8.70. The summed E-state index contributed by atoms with van der Waals surface area (Å²) in [6.07, 6.45) is -0.628. The zero-order valence-corrected chi connectivity index (χ0v) is 25.6. The van der Waals surface area contributed by atoms with Crippen LogP contribution in [-0.4, -0.2) is 81.1 Å². The summed E-state index contributed by atoms with van der Waals surface area (Å²) < 4.78 is 70.3. The summed E-state index contributed by atoms with van der Waals surface area (Å²) in [4.78, 5) is 23.0. The van der Waals surface area contributed by atoms with Crippen LogP contribution in [0.15, 0.2) is 48.5 Å². The third-order valence-electron chi connectivity index (χ3n) is 5.92. The minimum atomic E-state index is -3.41. The van der Waals surface area contributed by atoms with Crippen molar-refractivity contribution in [3.8, 4) is 0 Å². The number of rotatable bonds is 12. The van der Waals surface area contributed by atoms with Crippen LogP contribution in [0.1, 0.15) is 36.2 Å². The van der Waals surface area contributed by atoms with Gasteiger partial charge in [-0.05, 0) is 48.2 Å². The van der Waals surface area contributed by atoms with Crippen LogP contribution in [0.25, 0.3) is 0 Å². The molecule has 0 aromatic heterocycles. The fourth-order valence-corrected chi connectivity index (χ4v) is 6.88. The zero-order valence-electron chi connectivity index (χ0n) is 23.2. The lowest BCUT2D eigenvalue weighted by molar-refractivity contribution is -0.153. The van der Waals surface area contributed by atoms with E-state index in [-0.39, 0.29) is 17.4 Å². The van der Waals surface area contributed by atoms with Crippen molar-refractivity contribution >= 4 is 55.0 Å². The standard InChI is InChI=1S/C13H18ClNO5S.C13H17NO5S/c1-19-12(13(16)20-2)10-4-6-11(7-5-10)15-21(17,18)9-3-8-14;1-18-12(13(15)19-2)10-4-6-11(7-5-10)14-8-3-9-20(14,16)17/h4-7,12,15H,3,8-9H2,1-2H3;4-7,12H,3,8-9H2,1-2H3. The molecule has 2 atom stereocenters. The normalized spacial score (nSPS) is 15.7. The second kappa shape index (κ2) is 15.9. The van der Waals surface area contributed by atoms with E-state index in [0.717, 1.165) is 0 Å². The Morgan fingerprint density at radius 2 is 1.39 bits per heavy atom. The lowest BCUT2D eigenvalue weighted by Crippen LogP contribution is -2.25. The third kappa shape index (κ3) is 9.85. The van der Waals surface area contributed by atoms with Crippen LogP contribution in [-0.2, 0) is 48.6 Å².